The van der Waals surface area contributed by atoms with Crippen LogP contribution in [-0.2, 0) is 10.0 Å². The minimum absolute atomic E-state index is 0.550. The van der Waals surface area contributed by atoms with Gasteiger partial charge in [0.2, 0.25) is 10.0 Å². The highest BCUT2D eigenvalue weighted by Crippen LogP contribution is 2.24. The maximum absolute atomic E-state index is 11.7. The maximum Gasteiger partial charge on any atom is 0.211 e. The van der Waals surface area contributed by atoms with Crippen molar-refractivity contribution in [3.8, 4) is 0 Å². The van der Waals surface area contributed by atoms with E-state index in [1.54, 1.807) is 4.31 Å². The Morgan fingerprint density at radius 1 is 1.04 bits per heavy atom. The van der Waals surface area contributed by atoms with Crippen molar-refractivity contribution in [3.63, 3.8) is 0 Å². The van der Waals surface area contributed by atoms with Gasteiger partial charge in [-0.15, -0.1) is 0 Å². The molecule has 0 saturated carbocycles. The van der Waals surface area contributed by atoms with Crippen LogP contribution in [0.1, 0.15) is 38.5 Å². The van der Waals surface area contributed by atoms with E-state index in [2.05, 4.69) is 15.1 Å². The molecule has 2 unspecified atom stereocenters. The van der Waals surface area contributed by atoms with E-state index in [0.717, 1.165) is 25.4 Å². The Labute approximate surface area is 147 Å². The molecular formula is C17H34N4O2S. The molecule has 24 heavy (non-hydrogen) atoms. The minimum Gasteiger partial charge on any atom is -0.316 e. The topological polar surface area (TPSA) is 55.9 Å². The van der Waals surface area contributed by atoms with E-state index in [0.29, 0.717) is 19.3 Å². The molecule has 140 valence electrons. The number of rotatable bonds is 6. The minimum atomic E-state index is -3.04. The Bertz CT molecular complexity index is 493. The van der Waals surface area contributed by atoms with E-state index in [-0.39, 0.29) is 0 Å². The maximum atomic E-state index is 11.7. The number of nitrogens with one attached hydrogen (secondary N) is 1. The van der Waals surface area contributed by atoms with E-state index in [4.69, 9.17) is 0 Å². The highest BCUT2D eigenvalue weighted by Gasteiger charge is 2.34. The van der Waals surface area contributed by atoms with E-state index < -0.39 is 10.0 Å². The third-order valence-electron chi connectivity index (χ3n) is 5.93. The average Bonchev–Trinajstić information content (AvgIpc) is 2.77. The molecule has 0 radical (unpaired) electrons. The van der Waals surface area contributed by atoms with Gasteiger partial charge in [-0.2, -0.15) is 0 Å². The molecule has 3 heterocycles. The fourth-order valence-electron chi connectivity index (χ4n) is 4.40. The molecule has 3 aliphatic rings. The highest BCUT2D eigenvalue weighted by atomic mass is 32.2. The number of nitrogens with zero attached hydrogens (tertiary/aromatic N) is 3. The monoisotopic (exact) mass is 358 g/mol. The summed E-state index contributed by atoms with van der Waals surface area (Å²) < 4.78 is 25.1. The molecule has 6 nitrogen and oxygen atoms in total. The summed E-state index contributed by atoms with van der Waals surface area (Å²) in [6.07, 6.45) is 9.44. The average molecular weight is 359 g/mol. The third-order valence-corrected chi connectivity index (χ3v) is 7.24. The van der Waals surface area contributed by atoms with Crippen LogP contribution in [0.4, 0.5) is 0 Å². The van der Waals surface area contributed by atoms with Gasteiger partial charge in [0, 0.05) is 32.7 Å². The summed E-state index contributed by atoms with van der Waals surface area (Å²) in [5, 5.41) is 3.51. The second-order valence-corrected chi connectivity index (χ2v) is 9.69. The van der Waals surface area contributed by atoms with Crippen LogP contribution < -0.4 is 5.32 Å². The zero-order valence-corrected chi connectivity index (χ0v) is 15.9. The lowest BCUT2D eigenvalue weighted by Gasteiger charge is -2.47. The quantitative estimate of drug-likeness (QED) is 0.760. The van der Waals surface area contributed by atoms with Gasteiger partial charge in [-0.1, -0.05) is 0 Å². The molecule has 0 aliphatic carbocycles. The van der Waals surface area contributed by atoms with E-state index in [1.165, 1.54) is 64.5 Å². The fourth-order valence-corrected chi connectivity index (χ4v) is 5.27. The molecule has 3 fully saturated rings. The second-order valence-electron chi connectivity index (χ2n) is 7.71. The van der Waals surface area contributed by atoms with Crippen LogP contribution in [-0.4, -0.2) is 87.3 Å². The SMILES string of the molecule is CS(=O)(=O)N1CCCN(C2CCN2CCCC2CCCNC2)CC1. The molecule has 0 aromatic heterocycles. The summed E-state index contributed by atoms with van der Waals surface area (Å²) >= 11 is 0. The number of hydrogen-bond donors (Lipinski definition) is 1. The van der Waals surface area contributed by atoms with Gasteiger partial charge in [0.05, 0.1) is 12.4 Å². The Kier molecular flexibility index (Phi) is 6.54. The predicted octanol–water partition coefficient (Wildman–Crippen LogP) is 0.765. The van der Waals surface area contributed by atoms with Crippen LogP contribution in [0.15, 0.2) is 0 Å². The van der Waals surface area contributed by atoms with Crippen LogP contribution in [0.25, 0.3) is 0 Å². The fraction of sp³-hybridized carbons (Fsp3) is 1.00. The van der Waals surface area contributed by atoms with Gasteiger partial charge in [0.15, 0.2) is 0 Å². The standard InChI is InChI=1S/C17H34N4O2S/c1-24(22,23)21-11-4-10-20(13-14-21)17-7-12-19(17)9-3-6-16-5-2-8-18-15-16/h16-18H,2-15H2,1H3. The van der Waals surface area contributed by atoms with Crippen molar-refractivity contribution in [2.75, 3.05) is 58.6 Å². The normalized spacial score (nSPS) is 31.5. The van der Waals surface area contributed by atoms with E-state index in [1.807, 2.05) is 0 Å². The Balaban J connectivity index is 1.40. The number of likely N-dealkylation sites (tertiary alicyclic amines) is 1. The molecule has 2 atom stereocenters. The molecule has 1 N–H and O–H groups in total. The Morgan fingerprint density at radius 3 is 2.58 bits per heavy atom. The van der Waals surface area contributed by atoms with Gasteiger partial charge < -0.3 is 5.32 Å². The summed E-state index contributed by atoms with van der Waals surface area (Å²) in [7, 11) is -3.04. The predicted molar refractivity (Wildman–Crippen MR) is 97.4 cm³/mol. The number of hydrogen-bond acceptors (Lipinski definition) is 5. The van der Waals surface area contributed by atoms with Crippen molar-refractivity contribution in [2.45, 2.75) is 44.7 Å². The first-order valence-electron chi connectivity index (χ1n) is 9.68. The second kappa shape index (κ2) is 8.45. The Morgan fingerprint density at radius 2 is 1.92 bits per heavy atom. The molecule has 0 aromatic carbocycles. The molecule has 3 rings (SSSR count). The lowest BCUT2D eigenvalue weighted by Crippen LogP contribution is -2.58. The van der Waals surface area contributed by atoms with E-state index >= 15 is 0 Å². The molecule has 0 amide bonds. The van der Waals surface area contributed by atoms with Gasteiger partial charge >= 0.3 is 0 Å². The molecule has 3 aliphatic heterocycles. The molecule has 0 bridgehead atoms. The summed E-state index contributed by atoms with van der Waals surface area (Å²) in [6.45, 7) is 8.04. The van der Waals surface area contributed by atoms with Crippen LogP contribution >= 0.6 is 0 Å². The number of sulfonamides is 1. The van der Waals surface area contributed by atoms with E-state index in [9.17, 15) is 8.42 Å². The Hall–Kier alpha value is -0.210. The molecule has 7 heteroatoms. The van der Waals surface area contributed by atoms with Crippen molar-refractivity contribution < 1.29 is 8.42 Å². The van der Waals surface area contributed by atoms with Crippen molar-refractivity contribution in [3.05, 3.63) is 0 Å². The third kappa shape index (κ3) is 4.91. The lowest BCUT2D eigenvalue weighted by molar-refractivity contribution is -0.0332. The van der Waals surface area contributed by atoms with Crippen molar-refractivity contribution >= 4 is 10.0 Å². The van der Waals surface area contributed by atoms with Gasteiger partial charge in [0.1, 0.15) is 0 Å². The van der Waals surface area contributed by atoms with Crippen LogP contribution in [0, 0.1) is 5.92 Å². The molecule has 3 saturated heterocycles. The van der Waals surface area contributed by atoms with Gasteiger partial charge in [-0.3, -0.25) is 9.80 Å². The smallest absolute Gasteiger partial charge is 0.211 e. The first kappa shape index (κ1) is 18.6. The van der Waals surface area contributed by atoms with Crippen LogP contribution in [0.5, 0.6) is 0 Å². The zero-order chi connectivity index (χ0) is 17.0. The first-order chi connectivity index (χ1) is 11.5. The van der Waals surface area contributed by atoms with Gasteiger partial charge in [0.25, 0.3) is 0 Å². The van der Waals surface area contributed by atoms with Crippen molar-refractivity contribution in [1.29, 1.82) is 0 Å². The lowest BCUT2D eigenvalue weighted by atomic mass is 9.94. The summed E-state index contributed by atoms with van der Waals surface area (Å²) in [6, 6.07) is 0. The van der Waals surface area contributed by atoms with Crippen LogP contribution in [0.2, 0.25) is 0 Å². The largest absolute Gasteiger partial charge is 0.316 e. The number of piperidine rings is 1. The van der Waals surface area contributed by atoms with Crippen molar-refractivity contribution in [2.24, 2.45) is 5.92 Å². The summed E-state index contributed by atoms with van der Waals surface area (Å²) in [4.78, 5) is 5.11. The summed E-state index contributed by atoms with van der Waals surface area (Å²) in [5.74, 6) is 0.875. The highest BCUT2D eigenvalue weighted by molar-refractivity contribution is 7.88. The van der Waals surface area contributed by atoms with Crippen molar-refractivity contribution in [1.82, 2.24) is 19.4 Å². The first-order valence-corrected chi connectivity index (χ1v) is 11.5. The van der Waals surface area contributed by atoms with Gasteiger partial charge in [-0.25, -0.2) is 12.7 Å². The molecule has 0 aromatic rings. The molecule has 0 spiro atoms. The zero-order valence-electron chi connectivity index (χ0n) is 15.1. The summed E-state index contributed by atoms with van der Waals surface area (Å²) in [5.41, 5.74) is 0. The molecular weight excluding hydrogens is 324 g/mol. The van der Waals surface area contributed by atoms with Crippen LogP contribution in [0.3, 0.4) is 0 Å². The van der Waals surface area contributed by atoms with Gasteiger partial charge in [-0.05, 0) is 64.1 Å².